The average molecular weight is 222 g/mol. The number of benzene rings is 1. The van der Waals surface area contributed by atoms with Gasteiger partial charge in [-0.2, -0.15) is 0 Å². The zero-order valence-electron chi connectivity index (χ0n) is 10.7. The number of hydrogen-bond acceptors (Lipinski definition) is 0. The first kappa shape index (κ1) is 13.2. The molecular weight excluding hydrogens is 199 g/mol. The Bertz CT molecular complexity index is 317. The van der Waals surface area contributed by atoms with E-state index in [2.05, 4.69) is 19.9 Å². The molecule has 0 bridgehead atoms. The summed E-state index contributed by atoms with van der Waals surface area (Å²) in [4.78, 5) is 0. The lowest BCUT2D eigenvalue weighted by molar-refractivity contribution is 0.448. The maximum Gasteiger partial charge on any atom is 0.126 e. The summed E-state index contributed by atoms with van der Waals surface area (Å²) in [5.41, 5.74) is 1.89. The van der Waals surface area contributed by atoms with E-state index in [9.17, 15) is 4.39 Å². The Kier molecular flexibility index (Phi) is 5.51. The predicted octanol–water partition coefficient (Wildman–Crippen LogP) is 4.89. The molecule has 0 saturated carbocycles. The largest absolute Gasteiger partial charge is 0.207 e. The summed E-state index contributed by atoms with van der Waals surface area (Å²) in [7, 11) is 0. The van der Waals surface area contributed by atoms with Gasteiger partial charge in [-0.15, -0.1) is 0 Å². The molecule has 1 atom stereocenters. The molecular formula is C15H23F. The highest BCUT2D eigenvalue weighted by molar-refractivity contribution is 5.23. The minimum absolute atomic E-state index is 0.0668. The third-order valence-corrected chi connectivity index (χ3v) is 3.30. The van der Waals surface area contributed by atoms with Gasteiger partial charge in [0, 0.05) is 0 Å². The van der Waals surface area contributed by atoms with Gasteiger partial charge in [-0.05, 0) is 36.5 Å². The van der Waals surface area contributed by atoms with Gasteiger partial charge < -0.3 is 0 Å². The van der Waals surface area contributed by atoms with Crippen molar-refractivity contribution < 1.29 is 4.39 Å². The molecule has 16 heavy (non-hydrogen) atoms. The number of aryl methyl sites for hydroxylation is 1. The fourth-order valence-corrected chi connectivity index (χ4v) is 2.04. The highest BCUT2D eigenvalue weighted by atomic mass is 19.1. The van der Waals surface area contributed by atoms with E-state index in [0.717, 1.165) is 17.5 Å². The van der Waals surface area contributed by atoms with E-state index in [0.29, 0.717) is 5.92 Å². The summed E-state index contributed by atoms with van der Waals surface area (Å²) in [6.45, 7) is 6.26. The predicted molar refractivity (Wildman–Crippen MR) is 68.1 cm³/mol. The first-order chi connectivity index (χ1) is 7.67. The van der Waals surface area contributed by atoms with Crippen molar-refractivity contribution in [1.82, 2.24) is 0 Å². The van der Waals surface area contributed by atoms with Crippen molar-refractivity contribution in [3.8, 4) is 0 Å². The van der Waals surface area contributed by atoms with Gasteiger partial charge in [-0.3, -0.25) is 0 Å². The Labute approximate surface area is 98.9 Å². The molecule has 0 saturated heterocycles. The molecule has 0 N–H and O–H groups in total. The zero-order valence-corrected chi connectivity index (χ0v) is 10.7. The highest BCUT2D eigenvalue weighted by Crippen LogP contribution is 2.19. The van der Waals surface area contributed by atoms with E-state index >= 15 is 0 Å². The van der Waals surface area contributed by atoms with Crippen LogP contribution in [0.1, 0.15) is 50.7 Å². The molecule has 0 aliphatic carbocycles. The van der Waals surface area contributed by atoms with Crippen LogP contribution in [-0.4, -0.2) is 0 Å². The molecule has 90 valence electrons. The topological polar surface area (TPSA) is 0 Å². The molecule has 1 heteroatoms. The SMILES string of the molecule is CCCCC(CC)Cc1ccc(C)c(F)c1. The van der Waals surface area contributed by atoms with Gasteiger partial charge in [0.1, 0.15) is 5.82 Å². The molecule has 0 spiro atoms. The lowest BCUT2D eigenvalue weighted by Gasteiger charge is -2.14. The average Bonchev–Trinajstić information content (AvgIpc) is 2.29. The van der Waals surface area contributed by atoms with Crippen molar-refractivity contribution in [1.29, 1.82) is 0 Å². The van der Waals surface area contributed by atoms with E-state index in [4.69, 9.17) is 0 Å². The van der Waals surface area contributed by atoms with Crippen molar-refractivity contribution in [3.63, 3.8) is 0 Å². The summed E-state index contributed by atoms with van der Waals surface area (Å²) >= 11 is 0. The molecule has 0 aliphatic rings. The Morgan fingerprint density at radius 2 is 2.00 bits per heavy atom. The van der Waals surface area contributed by atoms with E-state index < -0.39 is 0 Å². The van der Waals surface area contributed by atoms with Crippen LogP contribution in [0.4, 0.5) is 4.39 Å². The smallest absolute Gasteiger partial charge is 0.126 e. The first-order valence-electron chi connectivity index (χ1n) is 6.42. The van der Waals surface area contributed by atoms with Crippen LogP contribution in [0.5, 0.6) is 0 Å². The molecule has 0 aromatic heterocycles. The molecule has 1 unspecified atom stereocenters. The molecule has 0 radical (unpaired) electrons. The monoisotopic (exact) mass is 222 g/mol. The first-order valence-corrected chi connectivity index (χ1v) is 6.42. The normalized spacial score (nSPS) is 12.8. The van der Waals surface area contributed by atoms with Crippen LogP contribution in [0.3, 0.4) is 0 Å². The lowest BCUT2D eigenvalue weighted by atomic mass is 9.92. The van der Waals surface area contributed by atoms with Crippen LogP contribution in [0.15, 0.2) is 18.2 Å². The Hall–Kier alpha value is -0.850. The summed E-state index contributed by atoms with van der Waals surface area (Å²) in [6, 6.07) is 5.65. The number of unbranched alkanes of at least 4 members (excludes halogenated alkanes) is 1. The van der Waals surface area contributed by atoms with Crippen LogP contribution >= 0.6 is 0 Å². The number of halogens is 1. The van der Waals surface area contributed by atoms with Gasteiger partial charge in [0.2, 0.25) is 0 Å². The van der Waals surface area contributed by atoms with E-state index in [-0.39, 0.29) is 5.82 Å². The quantitative estimate of drug-likeness (QED) is 0.642. The van der Waals surface area contributed by atoms with Crippen molar-refractivity contribution in [3.05, 3.63) is 35.1 Å². The second kappa shape index (κ2) is 6.67. The van der Waals surface area contributed by atoms with E-state index in [1.54, 1.807) is 6.07 Å². The van der Waals surface area contributed by atoms with Crippen molar-refractivity contribution in [2.75, 3.05) is 0 Å². The molecule has 0 nitrogen and oxygen atoms in total. The van der Waals surface area contributed by atoms with Gasteiger partial charge in [0.15, 0.2) is 0 Å². The van der Waals surface area contributed by atoms with Crippen LogP contribution in [0.2, 0.25) is 0 Å². The molecule has 1 aromatic carbocycles. The number of hydrogen-bond donors (Lipinski definition) is 0. The van der Waals surface area contributed by atoms with Gasteiger partial charge in [0.25, 0.3) is 0 Å². The van der Waals surface area contributed by atoms with Gasteiger partial charge in [-0.1, -0.05) is 51.7 Å². The Morgan fingerprint density at radius 3 is 2.56 bits per heavy atom. The van der Waals surface area contributed by atoms with Gasteiger partial charge in [-0.25, -0.2) is 4.39 Å². The minimum atomic E-state index is -0.0668. The molecule has 0 aliphatic heterocycles. The second-order valence-electron chi connectivity index (χ2n) is 4.70. The maximum atomic E-state index is 13.4. The number of rotatable bonds is 6. The minimum Gasteiger partial charge on any atom is -0.207 e. The van der Waals surface area contributed by atoms with Gasteiger partial charge >= 0.3 is 0 Å². The molecule has 1 rings (SSSR count). The molecule has 1 aromatic rings. The van der Waals surface area contributed by atoms with Crippen molar-refractivity contribution in [2.24, 2.45) is 5.92 Å². The lowest BCUT2D eigenvalue weighted by Crippen LogP contribution is -2.04. The maximum absolute atomic E-state index is 13.4. The highest BCUT2D eigenvalue weighted by Gasteiger charge is 2.08. The van der Waals surface area contributed by atoms with Crippen LogP contribution in [-0.2, 0) is 6.42 Å². The van der Waals surface area contributed by atoms with Gasteiger partial charge in [0.05, 0.1) is 0 Å². The molecule has 0 heterocycles. The summed E-state index contributed by atoms with van der Waals surface area (Å²) in [6.07, 6.45) is 6.01. The summed E-state index contributed by atoms with van der Waals surface area (Å²) < 4.78 is 13.4. The zero-order chi connectivity index (χ0) is 12.0. The van der Waals surface area contributed by atoms with Crippen molar-refractivity contribution in [2.45, 2.75) is 52.9 Å². The Morgan fingerprint density at radius 1 is 1.25 bits per heavy atom. The fourth-order valence-electron chi connectivity index (χ4n) is 2.04. The van der Waals surface area contributed by atoms with Crippen molar-refractivity contribution >= 4 is 0 Å². The fraction of sp³-hybridized carbons (Fsp3) is 0.600. The van der Waals surface area contributed by atoms with Crippen LogP contribution in [0.25, 0.3) is 0 Å². The second-order valence-corrected chi connectivity index (χ2v) is 4.70. The third kappa shape index (κ3) is 3.96. The molecule has 0 fully saturated rings. The summed E-state index contributed by atoms with van der Waals surface area (Å²) in [5, 5.41) is 0. The standard InChI is InChI=1S/C15H23F/c1-4-6-7-13(5-2)10-14-9-8-12(3)15(16)11-14/h8-9,11,13H,4-7,10H2,1-3H3. The van der Waals surface area contributed by atoms with Crippen LogP contribution < -0.4 is 0 Å². The third-order valence-electron chi connectivity index (χ3n) is 3.30. The Balaban J connectivity index is 2.59. The summed E-state index contributed by atoms with van der Waals surface area (Å²) in [5.74, 6) is 0.643. The van der Waals surface area contributed by atoms with Crippen LogP contribution in [0, 0.1) is 18.7 Å². The molecule has 0 amide bonds. The van der Waals surface area contributed by atoms with E-state index in [1.165, 1.54) is 25.7 Å². The van der Waals surface area contributed by atoms with E-state index in [1.807, 2.05) is 13.0 Å².